The van der Waals surface area contributed by atoms with Crippen LogP contribution in [0.2, 0.25) is 0 Å². The number of hydrogen-bond donors (Lipinski definition) is 0. The minimum absolute atomic E-state index is 0.296. The zero-order valence-electron chi connectivity index (χ0n) is 22.1. The number of hydrogen-bond acceptors (Lipinski definition) is 1. The van der Waals surface area contributed by atoms with Gasteiger partial charge in [0.25, 0.3) is 0 Å². The van der Waals surface area contributed by atoms with E-state index in [2.05, 4.69) is 17.7 Å². The van der Waals surface area contributed by atoms with Crippen LogP contribution in [-0.2, 0) is 19.3 Å². The maximum atomic E-state index is 15.2. The third-order valence-electron chi connectivity index (χ3n) is 8.03. The summed E-state index contributed by atoms with van der Waals surface area (Å²) >= 11 is 0. The van der Waals surface area contributed by atoms with Crippen molar-refractivity contribution in [3.8, 4) is 5.75 Å². The molecule has 6 heteroatoms. The highest BCUT2D eigenvalue weighted by Crippen LogP contribution is 2.35. The zero-order chi connectivity index (χ0) is 27.1. The molecule has 0 amide bonds. The van der Waals surface area contributed by atoms with Crippen molar-refractivity contribution in [1.29, 1.82) is 0 Å². The first-order valence-electron chi connectivity index (χ1n) is 14.0. The topological polar surface area (TPSA) is 9.23 Å². The summed E-state index contributed by atoms with van der Waals surface area (Å²) in [6.45, 7) is 2.26. The Morgan fingerprint density at radius 1 is 0.763 bits per heavy atom. The molecule has 1 fully saturated rings. The maximum Gasteiger partial charge on any atom is 0.573 e. The summed E-state index contributed by atoms with van der Waals surface area (Å²) in [5, 5.41) is 1.42. The Bertz CT molecular complexity index is 1190. The molecule has 1 nitrogen and oxygen atoms in total. The summed E-state index contributed by atoms with van der Waals surface area (Å²) in [7, 11) is 0. The quantitative estimate of drug-likeness (QED) is 0.176. The summed E-state index contributed by atoms with van der Waals surface area (Å²) in [4.78, 5) is 0. The van der Waals surface area contributed by atoms with Gasteiger partial charge >= 0.3 is 6.36 Å². The van der Waals surface area contributed by atoms with Gasteiger partial charge in [0.1, 0.15) is 5.82 Å². The summed E-state index contributed by atoms with van der Waals surface area (Å²) in [5.41, 5.74) is 2.20. The Morgan fingerprint density at radius 2 is 1.45 bits per heavy atom. The molecule has 206 valence electrons. The monoisotopic (exact) mass is 532 g/mol. The molecule has 0 unspecified atom stereocenters. The van der Waals surface area contributed by atoms with Gasteiger partial charge in [0.05, 0.1) is 0 Å². The van der Waals surface area contributed by atoms with Crippen LogP contribution in [-0.4, -0.2) is 6.36 Å². The molecular weight excluding hydrogens is 495 g/mol. The van der Waals surface area contributed by atoms with Gasteiger partial charge in [-0.2, -0.15) is 0 Å². The highest BCUT2D eigenvalue weighted by molar-refractivity contribution is 5.84. The van der Waals surface area contributed by atoms with Crippen molar-refractivity contribution in [3.05, 3.63) is 76.9 Å². The van der Waals surface area contributed by atoms with E-state index in [-0.39, 0.29) is 5.82 Å². The number of fused-ring (bicyclic) bond motifs is 1. The average Bonchev–Trinajstić information content (AvgIpc) is 2.89. The van der Waals surface area contributed by atoms with E-state index >= 15 is 4.39 Å². The van der Waals surface area contributed by atoms with Crippen LogP contribution in [0.15, 0.2) is 48.5 Å². The molecule has 0 heterocycles. The molecule has 0 spiro atoms. The zero-order valence-corrected chi connectivity index (χ0v) is 22.1. The van der Waals surface area contributed by atoms with E-state index in [1.54, 1.807) is 6.07 Å². The summed E-state index contributed by atoms with van der Waals surface area (Å²) in [5.74, 6) is -0.563. The lowest BCUT2D eigenvalue weighted by molar-refractivity contribution is -0.275. The number of ether oxygens (including phenoxy) is 1. The van der Waals surface area contributed by atoms with E-state index in [1.807, 2.05) is 18.2 Å². The van der Waals surface area contributed by atoms with Gasteiger partial charge in [-0.3, -0.25) is 0 Å². The summed E-state index contributed by atoms with van der Waals surface area (Å²) in [6.07, 6.45) is 8.59. The van der Waals surface area contributed by atoms with E-state index in [0.29, 0.717) is 29.4 Å². The fourth-order valence-corrected chi connectivity index (χ4v) is 5.78. The number of benzene rings is 3. The lowest BCUT2D eigenvalue weighted by Gasteiger charge is -2.28. The van der Waals surface area contributed by atoms with Crippen LogP contribution in [0.1, 0.15) is 81.4 Å². The first-order chi connectivity index (χ1) is 18.2. The van der Waals surface area contributed by atoms with Gasteiger partial charge in [-0.15, -0.1) is 13.2 Å². The number of halogens is 5. The van der Waals surface area contributed by atoms with Gasteiger partial charge in [-0.25, -0.2) is 8.78 Å². The molecule has 0 aromatic heterocycles. The van der Waals surface area contributed by atoms with Crippen LogP contribution in [0.5, 0.6) is 5.75 Å². The van der Waals surface area contributed by atoms with E-state index in [0.717, 1.165) is 35.8 Å². The highest BCUT2D eigenvalue weighted by Gasteiger charge is 2.32. The van der Waals surface area contributed by atoms with E-state index in [9.17, 15) is 17.6 Å². The molecular formula is C32H37F5O. The van der Waals surface area contributed by atoms with E-state index < -0.39 is 17.9 Å². The Balaban J connectivity index is 1.31. The van der Waals surface area contributed by atoms with Crippen molar-refractivity contribution < 1.29 is 26.7 Å². The van der Waals surface area contributed by atoms with Gasteiger partial charge in [0.15, 0.2) is 11.6 Å². The van der Waals surface area contributed by atoms with Crippen molar-refractivity contribution in [3.63, 3.8) is 0 Å². The van der Waals surface area contributed by atoms with Crippen LogP contribution in [0.4, 0.5) is 22.0 Å². The van der Waals surface area contributed by atoms with Crippen LogP contribution in [0.25, 0.3) is 10.8 Å². The molecule has 3 aromatic carbocycles. The second kappa shape index (κ2) is 12.9. The normalized spacial score (nSPS) is 18.2. The minimum atomic E-state index is -4.95. The fraction of sp³-hybridized carbons (Fsp3) is 0.500. The molecule has 0 atom stereocenters. The van der Waals surface area contributed by atoms with Crippen molar-refractivity contribution in [1.82, 2.24) is 0 Å². The van der Waals surface area contributed by atoms with Gasteiger partial charge in [0, 0.05) is 5.39 Å². The van der Waals surface area contributed by atoms with Gasteiger partial charge < -0.3 is 4.74 Å². The third kappa shape index (κ3) is 7.94. The molecule has 0 N–H and O–H groups in total. The summed E-state index contributed by atoms with van der Waals surface area (Å²) in [6, 6.07) is 12.9. The standard InChI is InChI=1S/C32H37F5O/c1-2-3-4-5-22-6-8-23(9-7-22)10-11-24-13-18-28-27(20-24)17-16-26(31(28)34)15-12-25-14-19-30(29(33)21-25)38-32(35,36)37/h13-14,16-23H,2-12,15H2,1H3. The van der Waals surface area contributed by atoms with Crippen LogP contribution in [0.3, 0.4) is 0 Å². The predicted octanol–water partition coefficient (Wildman–Crippen LogP) is 10.1. The minimum Gasteiger partial charge on any atom is -0.403 e. The smallest absolute Gasteiger partial charge is 0.403 e. The lowest BCUT2D eigenvalue weighted by atomic mass is 9.77. The molecule has 0 saturated heterocycles. The van der Waals surface area contributed by atoms with Crippen molar-refractivity contribution in [2.45, 2.75) is 90.3 Å². The number of aryl methyl sites for hydroxylation is 3. The van der Waals surface area contributed by atoms with Crippen LogP contribution >= 0.6 is 0 Å². The number of rotatable bonds is 11. The van der Waals surface area contributed by atoms with Crippen LogP contribution < -0.4 is 4.74 Å². The molecule has 38 heavy (non-hydrogen) atoms. The molecule has 0 radical (unpaired) electrons. The van der Waals surface area contributed by atoms with Crippen molar-refractivity contribution >= 4 is 10.8 Å². The molecule has 1 aliphatic carbocycles. The summed E-state index contributed by atoms with van der Waals surface area (Å²) < 4.78 is 69.9. The van der Waals surface area contributed by atoms with E-state index in [4.69, 9.17) is 0 Å². The number of alkyl halides is 3. The highest BCUT2D eigenvalue weighted by atomic mass is 19.4. The van der Waals surface area contributed by atoms with E-state index in [1.165, 1.54) is 69.4 Å². The third-order valence-corrected chi connectivity index (χ3v) is 8.03. The number of unbranched alkanes of at least 4 members (excludes halogenated alkanes) is 2. The van der Waals surface area contributed by atoms with Gasteiger partial charge in [-0.05, 0) is 71.7 Å². The van der Waals surface area contributed by atoms with Gasteiger partial charge in [0.2, 0.25) is 0 Å². The second-order valence-electron chi connectivity index (χ2n) is 10.8. The molecule has 3 aromatic rings. The lowest BCUT2D eigenvalue weighted by Crippen LogP contribution is -2.18. The Hall–Kier alpha value is -2.63. The molecule has 4 rings (SSSR count). The SMILES string of the molecule is CCCCCC1CCC(CCc2ccc3c(F)c(CCc4ccc(OC(F)(F)F)c(F)c4)ccc3c2)CC1. The van der Waals surface area contributed by atoms with Crippen molar-refractivity contribution in [2.24, 2.45) is 11.8 Å². The fourth-order valence-electron chi connectivity index (χ4n) is 5.78. The second-order valence-corrected chi connectivity index (χ2v) is 10.8. The molecule has 0 aliphatic heterocycles. The molecule has 1 saturated carbocycles. The Kier molecular flexibility index (Phi) is 9.67. The first kappa shape index (κ1) is 28.4. The Labute approximate surface area is 222 Å². The average molecular weight is 533 g/mol. The van der Waals surface area contributed by atoms with Crippen molar-refractivity contribution in [2.75, 3.05) is 0 Å². The largest absolute Gasteiger partial charge is 0.573 e. The van der Waals surface area contributed by atoms with Crippen LogP contribution in [0, 0.1) is 23.5 Å². The molecule has 0 bridgehead atoms. The maximum absolute atomic E-state index is 15.2. The predicted molar refractivity (Wildman–Crippen MR) is 142 cm³/mol. The first-order valence-corrected chi connectivity index (χ1v) is 14.0. The van der Waals surface area contributed by atoms with Gasteiger partial charge in [-0.1, -0.05) is 94.7 Å². The Morgan fingerprint density at radius 3 is 2.13 bits per heavy atom. The molecule has 1 aliphatic rings.